The molecule has 0 atom stereocenters. The second-order valence-electron chi connectivity index (χ2n) is 3.49. The maximum Gasteiger partial charge on any atom is 0.445 e. The van der Waals surface area contributed by atoms with Crippen molar-refractivity contribution in [2.75, 3.05) is 6.61 Å². The highest BCUT2D eigenvalue weighted by Gasteiger charge is 2.34. The molecule has 102 valence electrons. The van der Waals surface area contributed by atoms with E-state index in [1.54, 1.807) is 13.8 Å². The van der Waals surface area contributed by atoms with Gasteiger partial charge in [0.1, 0.15) is 6.61 Å². The minimum atomic E-state index is -2.62. The number of ether oxygens (including phenoxy) is 2. The molecule has 0 aromatic rings. The molecule has 0 aliphatic rings. The topological polar surface area (TPSA) is 93.1 Å². The Labute approximate surface area is 106 Å². The highest BCUT2D eigenvalue weighted by molar-refractivity contribution is 5.72. The lowest BCUT2D eigenvalue weighted by molar-refractivity contribution is -0.290. The van der Waals surface area contributed by atoms with E-state index in [4.69, 9.17) is 5.11 Å². The fourth-order valence-electron chi connectivity index (χ4n) is 1.04. The first kappa shape index (κ1) is 16.4. The summed E-state index contributed by atoms with van der Waals surface area (Å²) in [4.78, 5) is 22.5. The summed E-state index contributed by atoms with van der Waals surface area (Å²) >= 11 is 0. The molecular formula is C12H18O6. The van der Waals surface area contributed by atoms with Gasteiger partial charge < -0.3 is 19.7 Å². The average molecular weight is 258 g/mol. The molecule has 0 aromatic heterocycles. The quantitative estimate of drug-likeness (QED) is 0.405. The molecule has 0 saturated heterocycles. The molecule has 18 heavy (non-hydrogen) atoms. The van der Waals surface area contributed by atoms with E-state index in [0.29, 0.717) is 12.8 Å². The number of rotatable bonds is 6. The fourth-order valence-corrected chi connectivity index (χ4v) is 1.04. The van der Waals surface area contributed by atoms with Crippen LogP contribution in [-0.2, 0) is 19.1 Å². The van der Waals surface area contributed by atoms with E-state index in [1.165, 1.54) is 0 Å². The zero-order valence-corrected chi connectivity index (χ0v) is 10.6. The molecule has 0 saturated carbocycles. The molecule has 0 spiro atoms. The minimum absolute atomic E-state index is 0.0639. The van der Waals surface area contributed by atoms with Crippen LogP contribution in [-0.4, -0.2) is 34.7 Å². The molecule has 0 aromatic carbocycles. The van der Waals surface area contributed by atoms with Crippen molar-refractivity contribution < 1.29 is 29.3 Å². The summed E-state index contributed by atoms with van der Waals surface area (Å²) in [6.45, 7) is 2.95. The molecule has 0 bridgehead atoms. The molecule has 0 amide bonds. The molecule has 0 aliphatic carbocycles. The van der Waals surface area contributed by atoms with Crippen LogP contribution in [0, 0.1) is 11.8 Å². The standard InChI is InChI=1S/C12H18O6/c1-3-6-10(14)17-12(16,8-5-9-13)18-11(15)7-4-2/h13,16H,3-4,6-7,9H2,1-2H3. The van der Waals surface area contributed by atoms with E-state index < -0.39 is 24.5 Å². The van der Waals surface area contributed by atoms with Crippen LogP contribution in [0.3, 0.4) is 0 Å². The van der Waals surface area contributed by atoms with Crippen molar-refractivity contribution in [3.8, 4) is 11.8 Å². The zero-order valence-electron chi connectivity index (χ0n) is 10.6. The SMILES string of the molecule is CCCC(=O)OC(O)(C#CCO)OC(=O)CCC. The van der Waals surface area contributed by atoms with Gasteiger partial charge in [-0.25, -0.2) is 0 Å². The van der Waals surface area contributed by atoms with E-state index in [-0.39, 0.29) is 12.8 Å². The second-order valence-corrected chi connectivity index (χ2v) is 3.49. The van der Waals surface area contributed by atoms with Gasteiger partial charge in [-0.1, -0.05) is 19.8 Å². The molecule has 6 nitrogen and oxygen atoms in total. The first-order chi connectivity index (χ1) is 8.47. The summed E-state index contributed by atoms with van der Waals surface area (Å²) in [5.41, 5.74) is 0. The summed E-state index contributed by atoms with van der Waals surface area (Å²) in [5.74, 6) is -0.0236. The van der Waals surface area contributed by atoms with E-state index in [0.717, 1.165) is 0 Å². The van der Waals surface area contributed by atoms with Gasteiger partial charge in [-0.05, 0) is 12.8 Å². The van der Waals surface area contributed by atoms with Crippen LogP contribution in [0.2, 0.25) is 0 Å². The average Bonchev–Trinajstić information content (AvgIpc) is 2.26. The van der Waals surface area contributed by atoms with Gasteiger partial charge in [-0.3, -0.25) is 9.59 Å². The Kier molecular flexibility index (Phi) is 7.76. The first-order valence-electron chi connectivity index (χ1n) is 5.74. The summed E-state index contributed by atoms with van der Waals surface area (Å²) in [7, 11) is 0. The van der Waals surface area contributed by atoms with Crippen LogP contribution < -0.4 is 0 Å². The van der Waals surface area contributed by atoms with Crippen LogP contribution in [0.15, 0.2) is 0 Å². The molecule has 0 heterocycles. The lowest BCUT2D eigenvalue weighted by Gasteiger charge is -2.21. The van der Waals surface area contributed by atoms with E-state index in [9.17, 15) is 14.7 Å². The van der Waals surface area contributed by atoms with Crippen LogP contribution in [0.4, 0.5) is 0 Å². The van der Waals surface area contributed by atoms with Crippen molar-refractivity contribution in [1.82, 2.24) is 0 Å². The molecule has 0 unspecified atom stereocenters. The van der Waals surface area contributed by atoms with Gasteiger partial charge in [-0.15, -0.1) is 0 Å². The van der Waals surface area contributed by atoms with Gasteiger partial charge in [0.15, 0.2) is 0 Å². The number of carbonyl (C=O) groups is 2. The molecule has 6 heteroatoms. The Morgan fingerprint density at radius 3 is 1.89 bits per heavy atom. The van der Waals surface area contributed by atoms with Gasteiger partial charge in [0, 0.05) is 18.8 Å². The number of carbonyl (C=O) groups excluding carboxylic acids is 2. The lowest BCUT2D eigenvalue weighted by Crippen LogP contribution is -2.38. The Hall–Kier alpha value is -1.58. The third-order valence-electron chi connectivity index (χ3n) is 1.74. The van der Waals surface area contributed by atoms with Crippen molar-refractivity contribution >= 4 is 11.9 Å². The fraction of sp³-hybridized carbons (Fsp3) is 0.667. The molecule has 0 radical (unpaired) electrons. The maximum atomic E-state index is 11.3. The summed E-state index contributed by atoms with van der Waals surface area (Å²) in [6, 6.07) is 0. The summed E-state index contributed by atoms with van der Waals surface area (Å²) < 4.78 is 9.17. The molecule has 0 rings (SSSR count). The molecular weight excluding hydrogens is 240 g/mol. The van der Waals surface area contributed by atoms with Gasteiger partial charge in [0.25, 0.3) is 0 Å². The van der Waals surface area contributed by atoms with Gasteiger partial charge in [-0.2, -0.15) is 0 Å². The number of aliphatic hydroxyl groups excluding tert-OH is 1. The normalized spacial score (nSPS) is 10.2. The van der Waals surface area contributed by atoms with Gasteiger partial charge in [0.05, 0.1) is 0 Å². The number of hydrogen-bond donors (Lipinski definition) is 2. The predicted molar refractivity (Wildman–Crippen MR) is 61.8 cm³/mol. The van der Waals surface area contributed by atoms with Crippen molar-refractivity contribution in [1.29, 1.82) is 0 Å². The zero-order chi connectivity index (χ0) is 14.0. The van der Waals surface area contributed by atoms with E-state index in [2.05, 4.69) is 15.4 Å². The van der Waals surface area contributed by atoms with Gasteiger partial charge in [0.2, 0.25) is 0 Å². The maximum absolute atomic E-state index is 11.3. The van der Waals surface area contributed by atoms with Crippen molar-refractivity contribution in [3.05, 3.63) is 0 Å². The Balaban J connectivity index is 4.71. The molecule has 2 N–H and O–H groups in total. The Morgan fingerprint density at radius 2 is 1.56 bits per heavy atom. The predicted octanol–water partition coefficient (Wildman–Crippen LogP) is 0.315. The van der Waals surface area contributed by atoms with Gasteiger partial charge >= 0.3 is 17.9 Å². The third kappa shape index (κ3) is 6.89. The van der Waals surface area contributed by atoms with Crippen LogP contribution >= 0.6 is 0 Å². The Morgan fingerprint density at radius 1 is 1.11 bits per heavy atom. The minimum Gasteiger partial charge on any atom is -0.388 e. The number of hydrogen-bond acceptors (Lipinski definition) is 6. The van der Waals surface area contributed by atoms with Crippen molar-refractivity contribution in [2.24, 2.45) is 0 Å². The van der Waals surface area contributed by atoms with Crippen LogP contribution in [0.1, 0.15) is 39.5 Å². The number of esters is 2. The molecule has 0 aliphatic heterocycles. The van der Waals surface area contributed by atoms with E-state index >= 15 is 0 Å². The summed E-state index contributed by atoms with van der Waals surface area (Å²) in [6.07, 6.45) is 1.17. The van der Waals surface area contributed by atoms with Crippen LogP contribution in [0.5, 0.6) is 0 Å². The lowest BCUT2D eigenvalue weighted by atomic mass is 10.3. The van der Waals surface area contributed by atoms with Crippen molar-refractivity contribution in [2.45, 2.75) is 45.5 Å². The van der Waals surface area contributed by atoms with Crippen LogP contribution in [0.25, 0.3) is 0 Å². The molecule has 0 fully saturated rings. The van der Waals surface area contributed by atoms with E-state index in [1.807, 2.05) is 5.92 Å². The highest BCUT2D eigenvalue weighted by Crippen LogP contribution is 2.12. The first-order valence-corrected chi connectivity index (χ1v) is 5.74. The summed E-state index contributed by atoms with van der Waals surface area (Å²) in [5, 5.41) is 18.3. The largest absolute Gasteiger partial charge is 0.445 e. The van der Waals surface area contributed by atoms with Crippen molar-refractivity contribution in [3.63, 3.8) is 0 Å². The second kappa shape index (κ2) is 8.50. The number of aliphatic hydroxyl groups is 2. The Bertz CT molecular complexity index is 318. The highest BCUT2D eigenvalue weighted by atomic mass is 16.8. The monoisotopic (exact) mass is 258 g/mol. The third-order valence-corrected chi connectivity index (χ3v) is 1.74. The smallest absolute Gasteiger partial charge is 0.388 e.